The van der Waals surface area contributed by atoms with E-state index in [0.29, 0.717) is 29.4 Å². The molecule has 0 radical (unpaired) electrons. The Kier molecular flexibility index (Phi) is 4.33. The maximum Gasteiger partial charge on any atom is 0.321 e. The molecule has 0 aliphatic carbocycles. The number of nitrogens with one attached hydrogen (secondary N) is 1. The van der Waals surface area contributed by atoms with Gasteiger partial charge in [0.05, 0.1) is 16.5 Å². The molecule has 96 valence electrons. The Morgan fingerprint density at radius 3 is 2.78 bits per heavy atom. The Labute approximate surface area is 114 Å². The second-order valence-electron chi connectivity index (χ2n) is 3.33. The van der Waals surface area contributed by atoms with Crippen molar-refractivity contribution < 1.29 is 4.74 Å². The average Bonchev–Trinajstić information content (AvgIpc) is 2.76. The van der Waals surface area contributed by atoms with E-state index in [0.717, 1.165) is 11.4 Å². The van der Waals surface area contributed by atoms with Crippen LogP contribution in [0.1, 0.15) is 13.8 Å². The Bertz CT molecular complexity index is 507. The van der Waals surface area contributed by atoms with Gasteiger partial charge in [0.15, 0.2) is 5.82 Å². The van der Waals surface area contributed by atoms with E-state index in [4.69, 9.17) is 16.3 Å². The molecule has 18 heavy (non-hydrogen) atoms. The van der Waals surface area contributed by atoms with Crippen LogP contribution < -0.4 is 10.1 Å². The Balaban J connectivity index is 2.42. The number of thiophene rings is 1. The fourth-order valence-electron chi connectivity index (χ4n) is 1.34. The summed E-state index contributed by atoms with van der Waals surface area (Å²) in [6, 6.07) is 2.13. The van der Waals surface area contributed by atoms with Gasteiger partial charge in [0, 0.05) is 6.54 Å². The van der Waals surface area contributed by atoms with E-state index in [-0.39, 0.29) is 0 Å². The first kappa shape index (κ1) is 13.0. The number of rotatable bonds is 5. The van der Waals surface area contributed by atoms with Crippen molar-refractivity contribution in [1.29, 1.82) is 0 Å². The van der Waals surface area contributed by atoms with Gasteiger partial charge in [0.2, 0.25) is 5.95 Å². The number of nitrogens with zero attached hydrogens (tertiary/aromatic N) is 3. The first-order valence-electron chi connectivity index (χ1n) is 5.60. The van der Waals surface area contributed by atoms with Crippen molar-refractivity contribution in [3.8, 4) is 16.7 Å². The number of anilines is 1. The summed E-state index contributed by atoms with van der Waals surface area (Å²) in [4.78, 5) is 13.5. The van der Waals surface area contributed by atoms with Crippen molar-refractivity contribution in [2.24, 2.45) is 0 Å². The molecule has 2 aromatic heterocycles. The third-order valence-corrected chi connectivity index (χ3v) is 3.38. The van der Waals surface area contributed by atoms with Crippen molar-refractivity contribution in [2.45, 2.75) is 13.8 Å². The minimum Gasteiger partial charge on any atom is -0.464 e. The highest BCUT2D eigenvalue weighted by molar-refractivity contribution is 7.14. The summed E-state index contributed by atoms with van der Waals surface area (Å²) in [6.07, 6.45) is 0. The molecule has 0 aliphatic rings. The van der Waals surface area contributed by atoms with E-state index in [1.54, 1.807) is 0 Å². The van der Waals surface area contributed by atoms with Gasteiger partial charge in [-0.25, -0.2) is 0 Å². The summed E-state index contributed by atoms with van der Waals surface area (Å²) in [5.74, 6) is 1.03. The lowest BCUT2D eigenvalue weighted by Crippen LogP contribution is -2.07. The van der Waals surface area contributed by atoms with E-state index >= 15 is 0 Å². The summed E-state index contributed by atoms with van der Waals surface area (Å²) in [5.41, 5.74) is 0. The summed E-state index contributed by atoms with van der Waals surface area (Å²) < 4.78 is 5.33. The van der Waals surface area contributed by atoms with Crippen molar-refractivity contribution in [1.82, 2.24) is 15.0 Å². The molecule has 5 nitrogen and oxygen atoms in total. The van der Waals surface area contributed by atoms with Crippen molar-refractivity contribution in [2.75, 3.05) is 18.5 Å². The zero-order chi connectivity index (χ0) is 13.0. The Morgan fingerprint density at radius 1 is 1.33 bits per heavy atom. The van der Waals surface area contributed by atoms with Crippen LogP contribution in [-0.4, -0.2) is 28.1 Å². The minimum atomic E-state index is 0.308. The van der Waals surface area contributed by atoms with Gasteiger partial charge in [0.25, 0.3) is 0 Å². The summed E-state index contributed by atoms with van der Waals surface area (Å²) in [7, 11) is 0. The molecule has 0 saturated carbocycles. The molecule has 0 saturated heterocycles. The fraction of sp³-hybridized carbons (Fsp3) is 0.364. The van der Waals surface area contributed by atoms with Crippen molar-refractivity contribution >= 4 is 28.9 Å². The van der Waals surface area contributed by atoms with Gasteiger partial charge in [-0.1, -0.05) is 11.6 Å². The maximum atomic E-state index is 6.08. The van der Waals surface area contributed by atoms with E-state index in [9.17, 15) is 0 Å². The lowest BCUT2D eigenvalue weighted by atomic mass is 10.4. The van der Waals surface area contributed by atoms with Crippen LogP contribution >= 0.6 is 22.9 Å². The minimum absolute atomic E-state index is 0.308. The number of hydrogen-bond donors (Lipinski definition) is 1. The predicted molar refractivity (Wildman–Crippen MR) is 73.5 cm³/mol. The van der Waals surface area contributed by atoms with Crippen molar-refractivity contribution in [3.63, 3.8) is 0 Å². The van der Waals surface area contributed by atoms with Crippen LogP contribution in [0.15, 0.2) is 11.4 Å². The molecule has 7 heteroatoms. The van der Waals surface area contributed by atoms with Gasteiger partial charge >= 0.3 is 6.01 Å². The largest absolute Gasteiger partial charge is 0.464 e. The molecule has 0 aromatic carbocycles. The molecular weight excluding hydrogens is 272 g/mol. The lowest BCUT2D eigenvalue weighted by molar-refractivity contribution is 0.312. The third kappa shape index (κ3) is 2.88. The molecule has 0 fully saturated rings. The molecule has 2 heterocycles. The molecule has 0 amide bonds. The maximum absolute atomic E-state index is 6.08. The number of aromatic nitrogens is 3. The second-order valence-corrected chi connectivity index (χ2v) is 4.65. The highest BCUT2D eigenvalue weighted by Gasteiger charge is 2.12. The Morgan fingerprint density at radius 2 is 2.17 bits per heavy atom. The third-order valence-electron chi connectivity index (χ3n) is 2.04. The summed E-state index contributed by atoms with van der Waals surface area (Å²) in [5, 5.41) is 5.58. The van der Waals surface area contributed by atoms with Crippen LogP contribution in [0.5, 0.6) is 6.01 Å². The summed E-state index contributed by atoms with van der Waals surface area (Å²) in [6.45, 7) is 5.09. The quantitative estimate of drug-likeness (QED) is 0.914. The van der Waals surface area contributed by atoms with Crippen LogP contribution in [0.2, 0.25) is 5.02 Å². The molecular formula is C11H13ClN4OS. The molecule has 2 aromatic rings. The van der Waals surface area contributed by atoms with Crippen LogP contribution in [0.4, 0.5) is 5.95 Å². The predicted octanol–water partition coefficient (Wildman–Crippen LogP) is 3.08. The van der Waals surface area contributed by atoms with Crippen LogP contribution in [0.3, 0.4) is 0 Å². The molecule has 2 rings (SSSR count). The highest BCUT2D eigenvalue weighted by atomic mass is 35.5. The first-order valence-corrected chi connectivity index (χ1v) is 6.86. The molecule has 1 N–H and O–H groups in total. The van der Waals surface area contributed by atoms with Crippen LogP contribution in [0.25, 0.3) is 10.7 Å². The second kappa shape index (κ2) is 5.97. The first-order chi connectivity index (χ1) is 8.74. The van der Waals surface area contributed by atoms with Crippen LogP contribution in [0, 0.1) is 0 Å². The Hall–Kier alpha value is -1.40. The highest BCUT2D eigenvalue weighted by Crippen LogP contribution is 2.31. The van der Waals surface area contributed by atoms with Gasteiger partial charge in [-0.15, -0.1) is 11.3 Å². The monoisotopic (exact) mass is 284 g/mol. The van der Waals surface area contributed by atoms with E-state index in [2.05, 4.69) is 20.3 Å². The fourth-order valence-corrected chi connectivity index (χ4v) is 2.42. The van der Waals surface area contributed by atoms with Gasteiger partial charge in [-0.3, -0.25) is 0 Å². The van der Waals surface area contributed by atoms with Gasteiger partial charge in [-0.2, -0.15) is 15.0 Å². The van der Waals surface area contributed by atoms with E-state index < -0.39 is 0 Å². The molecule has 0 atom stereocenters. The van der Waals surface area contributed by atoms with E-state index in [1.807, 2.05) is 25.3 Å². The standard InChI is InChI=1S/C11H13ClN4OS/c1-3-13-10-14-9(8-7(12)5-6-18-8)15-11(16-10)17-4-2/h5-6H,3-4H2,1-2H3,(H,13,14,15,16). The molecule has 0 bridgehead atoms. The molecule has 0 unspecified atom stereocenters. The SMILES string of the molecule is CCNc1nc(OCC)nc(-c2sccc2Cl)n1. The number of ether oxygens (including phenoxy) is 1. The average molecular weight is 285 g/mol. The van der Waals surface area contributed by atoms with Gasteiger partial charge in [0.1, 0.15) is 0 Å². The van der Waals surface area contributed by atoms with Gasteiger partial charge in [-0.05, 0) is 25.3 Å². The zero-order valence-corrected chi connectivity index (χ0v) is 11.7. The molecule has 0 aliphatic heterocycles. The van der Waals surface area contributed by atoms with E-state index in [1.165, 1.54) is 11.3 Å². The van der Waals surface area contributed by atoms with Crippen LogP contribution in [-0.2, 0) is 0 Å². The number of halogens is 1. The lowest BCUT2D eigenvalue weighted by Gasteiger charge is -2.07. The summed E-state index contributed by atoms with van der Waals surface area (Å²) >= 11 is 7.57. The topological polar surface area (TPSA) is 59.9 Å². The smallest absolute Gasteiger partial charge is 0.321 e. The van der Waals surface area contributed by atoms with Gasteiger partial charge < -0.3 is 10.1 Å². The normalized spacial score (nSPS) is 10.4. The molecule has 0 spiro atoms. The number of hydrogen-bond acceptors (Lipinski definition) is 6. The zero-order valence-electron chi connectivity index (χ0n) is 10.1. The van der Waals surface area contributed by atoms with Crippen molar-refractivity contribution in [3.05, 3.63) is 16.5 Å².